The van der Waals surface area contributed by atoms with Crippen LogP contribution in [0.3, 0.4) is 0 Å². The van der Waals surface area contributed by atoms with Gasteiger partial charge >= 0.3 is 27.1 Å². The van der Waals surface area contributed by atoms with Crippen LogP contribution in [0.1, 0.15) is 60.4 Å². The number of aliphatic hydroxyl groups is 1. The van der Waals surface area contributed by atoms with Gasteiger partial charge in [0.2, 0.25) is 0 Å². The predicted molar refractivity (Wildman–Crippen MR) is 230 cm³/mol. The first-order valence-corrected chi connectivity index (χ1v) is 26.0. The van der Waals surface area contributed by atoms with Gasteiger partial charge < -0.3 is 54.9 Å². The molecule has 5 rings (SSSR count). The fourth-order valence-corrected chi connectivity index (χ4v) is 12.3. The van der Waals surface area contributed by atoms with Gasteiger partial charge in [-0.3, -0.25) is 23.0 Å². The average Bonchev–Trinajstić information content (AvgIpc) is 3.86. The Morgan fingerprint density at radius 1 is 1.00 bits per heavy atom. The van der Waals surface area contributed by atoms with Crippen molar-refractivity contribution in [1.29, 1.82) is 0 Å². The normalized spacial score (nSPS) is 25.1. The van der Waals surface area contributed by atoms with E-state index >= 15 is 0 Å². The zero-order valence-electron chi connectivity index (χ0n) is 33.9. The second kappa shape index (κ2) is 19.7. The minimum absolute atomic E-state index is 0.0235. The summed E-state index contributed by atoms with van der Waals surface area (Å²) in [7, 11) is -3.53. The lowest BCUT2D eigenvalue weighted by atomic mass is 10.1. The van der Waals surface area contributed by atoms with Crippen LogP contribution in [0.15, 0.2) is 29.7 Å². The lowest BCUT2D eigenvalue weighted by Gasteiger charge is -2.30. The van der Waals surface area contributed by atoms with E-state index in [1.165, 1.54) is 67.5 Å². The van der Waals surface area contributed by atoms with E-state index in [4.69, 9.17) is 30.2 Å². The van der Waals surface area contributed by atoms with E-state index in [9.17, 15) is 43.3 Å². The molecular weight excluding hydrogens is 925 g/mol. The highest BCUT2D eigenvalue weighted by Gasteiger charge is 2.52. The maximum atomic E-state index is 14.2. The number of phosphoric ester groups is 1. The number of hydrogen-bond acceptors (Lipinski definition) is 21. The summed E-state index contributed by atoms with van der Waals surface area (Å²) in [5.41, 5.74) is 9.47. The van der Waals surface area contributed by atoms with Gasteiger partial charge in [0.1, 0.15) is 42.1 Å². The first-order chi connectivity index (χ1) is 28.2. The quantitative estimate of drug-likeness (QED) is 0.0682. The summed E-state index contributed by atoms with van der Waals surface area (Å²) in [5, 5.41) is 11.4. The molecule has 0 saturated carbocycles. The molecule has 3 aromatic heterocycles. The number of aliphatic hydroxyl groups excluding tert-OH is 1. The molecule has 2 fully saturated rings. The summed E-state index contributed by atoms with van der Waals surface area (Å²) < 4.78 is 55.7. The zero-order valence-corrected chi connectivity index (χ0v) is 39.0. The third-order valence-corrected chi connectivity index (χ3v) is 17.7. The number of carbonyl (C=O) groups is 2. The molecule has 0 aromatic carbocycles. The second-order valence-electron chi connectivity index (χ2n) is 15.8. The molecule has 2 aliphatic rings. The summed E-state index contributed by atoms with van der Waals surface area (Å²) in [6.07, 6.45) is -5.68. The molecule has 5 heterocycles. The highest BCUT2D eigenvalue weighted by atomic mass is 33.1. The fourth-order valence-electron chi connectivity index (χ4n) is 5.93. The monoisotopic (exact) mass is 973 g/mol. The van der Waals surface area contributed by atoms with Crippen molar-refractivity contribution in [2.45, 2.75) is 106 Å². The van der Waals surface area contributed by atoms with Crippen LogP contribution in [-0.4, -0.2) is 137 Å². The third kappa shape index (κ3) is 13.1. The summed E-state index contributed by atoms with van der Waals surface area (Å²) in [6.45, 7) is 10.0. The Morgan fingerprint density at radius 2 is 1.67 bits per heavy atom. The molecule has 1 amide bonds. The molecule has 61 heavy (non-hydrogen) atoms. The van der Waals surface area contributed by atoms with Crippen LogP contribution in [0.2, 0.25) is 0 Å². The number of esters is 1. The van der Waals surface area contributed by atoms with Gasteiger partial charge in [-0.05, 0) is 6.07 Å². The van der Waals surface area contributed by atoms with Crippen LogP contribution in [0, 0.1) is 0 Å². The minimum Gasteiger partial charge on any atom is -0.455 e. The number of nitrogen functional groups attached to an aromatic ring is 2. The number of hydrogen-bond donors (Lipinski definition) is 6. The lowest BCUT2D eigenvalue weighted by molar-refractivity contribution is -0.160. The van der Waals surface area contributed by atoms with Crippen molar-refractivity contribution in [1.82, 2.24) is 34.0 Å². The van der Waals surface area contributed by atoms with E-state index in [-0.39, 0.29) is 38.0 Å². The Hall–Kier alpha value is -2.49. The number of phosphoric acid groups is 1. The predicted octanol–water partition coefficient (Wildman–Crippen LogP) is 3.17. The van der Waals surface area contributed by atoms with Crippen molar-refractivity contribution in [3.63, 3.8) is 0 Å². The average molecular weight is 974 g/mol. The number of fused-ring (bicyclic) bond motifs is 1. The van der Waals surface area contributed by atoms with Gasteiger partial charge in [0, 0.05) is 45.7 Å². The van der Waals surface area contributed by atoms with Gasteiger partial charge in [0.25, 0.3) is 5.24 Å². The van der Waals surface area contributed by atoms with Crippen molar-refractivity contribution < 1.29 is 61.8 Å². The van der Waals surface area contributed by atoms with Crippen LogP contribution in [0.5, 0.6) is 0 Å². The van der Waals surface area contributed by atoms with Gasteiger partial charge in [-0.15, -0.1) is 0 Å². The number of imidazole rings is 1. The number of carbonyl (C=O) groups excluding carboxylic acids is 2. The summed E-state index contributed by atoms with van der Waals surface area (Å²) in [6, 6.07) is 0.107. The van der Waals surface area contributed by atoms with Gasteiger partial charge in [-0.2, -0.15) is 4.98 Å². The fraction of sp³-hybridized carbons (Fsp3) is 0.656. The first-order valence-electron chi connectivity index (χ1n) is 18.3. The lowest BCUT2D eigenvalue weighted by Crippen LogP contribution is -2.47. The number of amides is 1. The smallest absolute Gasteiger partial charge is 0.455 e. The molecule has 2 unspecified atom stereocenters. The SMILES string of the molecule is CN(C(=O)SSC(C)(C)C)[C@@H](CSSC(C)(C)C)C(=O)O[C@@H]1C(COP(=O)(O)[C@H]2C[C@H](n3ccc(N)nc3=O)O[C@@H]2COP(=O)(O)O)O[C@@H](n2cnc3c(N)ncnc32)[C@@H]1O. The highest BCUT2D eigenvalue weighted by Crippen LogP contribution is 2.56. The van der Waals surface area contributed by atoms with Crippen LogP contribution in [0.4, 0.5) is 16.4 Å². The zero-order chi connectivity index (χ0) is 45.2. The maximum Gasteiger partial charge on any atom is 0.469 e. The largest absolute Gasteiger partial charge is 0.469 e. The summed E-state index contributed by atoms with van der Waals surface area (Å²) in [5.74, 6) is -0.920. The van der Waals surface area contributed by atoms with E-state index in [0.29, 0.717) is 0 Å². The molecule has 0 aliphatic carbocycles. The molecule has 340 valence electrons. The van der Waals surface area contributed by atoms with Crippen molar-refractivity contribution in [3.05, 3.63) is 35.4 Å². The molecule has 2 aliphatic heterocycles. The standard InChI is InChI=1S/C32H49N9O14P2S4/c1-31(2,3)60-58-13-16(39(7)30(45)59-61-32(4,5)6)28(43)55-24-18(54-27(23(24)42)41-15-37-22-25(34)35-14-36-26(22)41)12-51-56(46,47)19-10-21(40-9-8-20(33)38-29(40)44)53-17(19)11-52-57(48,49)50/h8-9,14-19,21,23-24,27,42H,10-13H2,1-7H3,(H,46,47)(H2,33,38,44)(H2,34,35,36)(H2,48,49,50)/t16-,17+,18?,19-,21+,23+,24+,27+/m0/s1. The first kappa shape index (κ1) is 49.5. The third-order valence-electron chi connectivity index (χ3n) is 8.76. The van der Waals surface area contributed by atoms with E-state index in [1.807, 2.05) is 41.5 Å². The number of nitrogens with zero attached hydrogens (tertiary/aromatic N) is 7. The van der Waals surface area contributed by atoms with Gasteiger partial charge in [-0.25, -0.2) is 29.1 Å². The van der Waals surface area contributed by atoms with E-state index in [1.54, 1.807) is 0 Å². The molecule has 3 aromatic rings. The Balaban J connectivity index is 1.44. The molecule has 0 bridgehead atoms. The van der Waals surface area contributed by atoms with E-state index in [2.05, 4.69) is 24.5 Å². The van der Waals surface area contributed by atoms with Crippen molar-refractivity contribution in [3.8, 4) is 0 Å². The van der Waals surface area contributed by atoms with Crippen LogP contribution >= 0.6 is 58.6 Å². The molecular formula is C32H49N9O14P2S4. The Kier molecular flexibility index (Phi) is 16.0. The maximum absolute atomic E-state index is 14.2. The number of anilines is 2. The van der Waals surface area contributed by atoms with Crippen molar-refractivity contribution in [2.24, 2.45) is 0 Å². The van der Waals surface area contributed by atoms with Gasteiger partial charge in [0.05, 0.1) is 31.3 Å². The summed E-state index contributed by atoms with van der Waals surface area (Å²) >= 11 is 0. The number of aromatic nitrogens is 6. The number of ether oxygens (including phenoxy) is 3. The van der Waals surface area contributed by atoms with Crippen molar-refractivity contribution in [2.75, 3.05) is 37.5 Å². The molecule has 8 N–H and O–H groups in total. The van der Waals surface area contributed by atoms with Gasteiger partial charge in [-0.1, -0.05) is 73.9 Å². The van der Waals surface area contributed by atoms with Crippen LogP contribution < -0.4 is 17.2 Å². The van der Waals surface area contributed by atoms with Crippen LogP contribution in [0.25, 0.3) is 11.2 Å². The Morgan fingerprint density at radius 3 is 2.31 bits per heavy atom. The van der Waals surface area contributed by atoms with Crippen LogP contribution in [-0.2, 0) is 37.2 Å². The van der Waals surface area contributed by atoms with Gasteiger partial charge in [0.15, 0.2) is 23.8 Å². The molecule has 0 spiro atoms. The molecule has 2 saturated heterocycles. The Labute approximate surface area is 365 Å². The summed E-state index contributed by atoms with van der Waals surface area (Å²) in [4.78, 5) is 87.7. The number of nitrogens with two attached hydrogens (primary N) is 2. The molecule has 0 radical (unpaired) electrons. The Bertz CT molecular complexity index is 2210. The molecule has 9 atom stereocenters. The molecule has 23 nitrogen and oxygen atoms in total. The van der Waals surface area contributed by atoms with E-state index < -0.39 is 101 Å². The molecule has 29 heteroatoms. The minimum atomic E-state index is -5.11. The number of likely N-dealkylation sites (N-methyl/N-ethyl adjacent to an activating group) is 1. The topological polar surface area (TPSA) is 329 Å². The second-order valence-corrected chi connectivity index (χ2v) is 25.2. The number of rotatable bonds is 16. The van der Waals surface area contributed by atoms with Crippen molar-refractivity contribution >= 4 is 92.6 Å². The van der Waals surface area contributed by atoms with E-state index in [0.717, 1.165) is 21.7 Å². The highest BCUT2D eigenvalue weighted by molar-refractivity contribution is 8.82.